The maximum absolute atomic E-state index is 13.4. The Kier molecular flexibility index (Phi) is 4.03. The normalized spacial score (nSPS) is 23.2. The van der Waals surface area contributed by atoms with Gasteiger partial charge in [-0.1, -0.05) is 51.2 Å². The highest BCUT2D eigenvalue weighted by atomic mass is 79.9. The first-order chi connectivity index (χ1) is 13.0. The van der Waals surface area contributed by atoms with Crippen molar-refractivity contribution in [3.63, 3.8) is 0 Å². The predicted octanol–water partition coefficient (Wildman–Crippen LogP) is 4.85. The molecule has 0 saturated carbocycles. The highest BCUT2D eigenvalue weighted by Crippen LogP contribution is 2.58. The molecule has 27 heavy (non-hydrogen) atoms. The van der Waals surface area contributed by atoms with Crippen LogP contribution in [0.25, 0.3) is 0 Å². The highest BCUT2D eigenvalue weighted by molar-refractivity contribution is 9.10. The molecule has 3 aromatic rings. The van der Waals surface area contributed by atoms with Crippen molar-refractivity contribution in [2.45, 2.75) is 16.2 Å². The summed E-state index contributed by atoms with van der Waals surface area (Å²) in [7, 11) is 0. The predicted molar refractivity (Wildman–Crippen MR) is 105 cm³/mol. The standard InChI is InChI=1S/C19H11BrFNO3S2/c20-9-3-6-12-11(7-9)13-14(18(23)25-12)15(8-1-4-10(21)5-2-8)26-17-16(13)27-19(24)22-17/h1-7,13-15H,(H,22,24)/t13-,14+,15+/m1/s1. The average molecular weight is 464 g/mol. The van der Waals surface area contributed by atoms with E-state index in [1.807, 2.05) is 12.1 Å². The molecule has 3 heterocycles. The quantitative estimate of drug-likeness (QED) is 0.413. The summed E-state index contributed by atoms with van der Waals surface area (Å²) < 4.78 is 19.9. The number of nitrogens with one attached hydrogen (secondary N) is 1. The number of benzene rings is 2. The van der Waals surface area contributed by atoms with Crippen LogP contribution in [0.15, 0.2) is 56.8 Å². The van der Waals surface area contributed by atoms with Crippen molar-refractivity contribution < 1.29 is 13.9 Å². The summed E-state index contributed by atoms with van der Waals surface area (Å²) in [5.41, 5.74) is 1.70. The van der Waals surface area contributed by atoms with Gasteiger partial charge in [-0.05, 0) is 35.9 Å². The monoisotopic (exact) mass is 463 g/mol. The smallest absolute Gasteiger partial charge is 0.316 e. The topological polar surface area (TPSA) is 59.2 Å². The van der Waals surface area contributed by atoms with Crippen molar-refractivity contribution in [2.75, 3.05) is 0 Å². The van der Waals surface area contributed by atoms with E-state index >= 15 is 0 Å². The van der Waals surface area contributed by atoms with Crippen LogP contribution in [0.2, 0.25) is 0 Å². The second-order valence-corrected chi connectivity index (χ2v) is 9.49. The van der Waals surface area contributed by atoms with Crippen LogP contribution in [0.3, 0.4) is 0 Å². The van der Waals surface area contributed by atoms with E-state index in [0.717, 1.165) is 36.8 Å². The molecule has 1 aromatic heterocycles. The van der Waals surface area contributed by atoms with Gasteiger partial charge >= 0.3 is 10.8 Å². The van der Waals surface area contributed by atoms with Gasteiger partial charge in [-0.2, -0.15) is 0 Å². The van der Waals surface area contributed by atoms with Gasteiger partial charge in [-0.25, -0.2) is 4.39 Å². The molecule has 0 unspecified atom stereocenters. The Morgan fingerprint density at radius 2 is 1.89 bits per heavy atom. The molecule has 8 heteroatoms. The number of thioether (sulfide) groups is 1. The molecule has 2 aliphatic heterocycles. The third-order valence-electron chi connectivity index (χ3n) is 4.84. The molecule has 2 aliphatic rings. The Bertz CT molecular complexity index is 1120. The number of aromatic amines is 1. The molecule has 136 valence electrons. The number of carbonyl (C=O) groups is 1. The van der Waals surface area contributed by atoms with Crippen LogP contribution in [-0.2, 0) is 4.79 Å². The van der Waals surface area contributed by atoms with Crippen molar-refractivity contribution >= 4 is 45.0 Å². The van der Waals surface area contributed by atoms with Crippen molar-refractivity contribution in [1.29, 1.82) is 0 Å². The van der Waals surface area contributed by atoms with Gasteiger partial charge in [-0.15, -0.1) is 0 Å². The van der Waals surface area contributed by atoms with Crippen LogP contribution in [0.1, 0.15) is 27.2 Å². The lowest BCUT2D eigenvalue weighted by Gasteiger charge is -2.39. The minimum Gasteiger partial charge on any atom is -0.426 e. The van der Waals surface area contributed by atoms with Crippen LogP contribution < -0.4 is 9.61 Å². The number of ether oxygens (including phenoxy) is 1. The lowest BCUT2D eigenvalue weighted by molar-refractivity contribution is -0.140. The summed E-state index contributed by atoms with van der Waals surface area (Å²) in [4.78, 5) is 28.6. The van der Waals surface area contributed by atoms with Crippen molar-refractivity contribution in [2.24, 2.45) is 5.92 Å². The molecular weight excluding hydrogens is 453 g/mol. The molecule has 0 aliphatic carbocycles. The Hall–Kier alpha value is -1.90. The number of aromatic nitrogens is 1. The molecule has 5 rings (SSSR count). The highest BCUT2D eigenvalue weighted by Gasteiger charge is 2.49. The first-order valence-electron chi connectivity index (χ1n) is 8.17. The summed E-state index contributed by atoms with van der Waals surface area (Å²) in [5, 5.41) is 0.481. The summed E-state index contributed by atoms with van der Waals surface area (Å²) in [6, 6.07) is 11.7. The molecule has 4 nitrogen and oxygen atoms in total. The number of H-pyrrole nitrogens is 1. The summed E-state index contributed by atoms with van der Waals surface area (Å²) >= 11 is 6.04. The number of fused-ring (bicyclic) bond motifs is 5. The average Bonchev–Trinajstić information content (AvgIpc) is 3.02. The molecule has 3 atom stereocenters. The van der Waals surface area contributed by atoms with Crippen LogP contribution in [0.5, 0.6) is 5.75 Å². The fourth-order valence-corrected chi connectivity index (χ4v) is 6.68. The van der Waals surface area contributed by atoms with Crippen LogP contribution >= 0.6 is 39.0 Å². The largest absolute Gasteiger partial charge is 0.426 e. The van der Waals surface area contributed by atoms with E-state index in [1.54, 1.807) is 18.2 Å². The fraction of sp³-hybridized carbons (Fsp3) is 0.158. The zero-order valence-electron chi connectivity index (χ0n) is 13.6. The molecule has 0 radical (unpaired) electrons. The Morgan fingerprint density at radius 1 is 1.11 bits per heavy atom. The van der Waals surface area contributed by atoms with Gasteiger partial charge in [0.2, 0.25) is 0 Å². The van der Waals surface area contributed by atoms with E-state index in [4.69, 9.17) is 4.74 Å². The van der Waals surface area contributed by atoms with Gasteiger partial charge in [0, 0.05) is 20.8 Å². The summed E-state index contributed by atoms with van der Waals surface area (Å²) in [6.07, 6.45) is 0. The molecule has 2 aromatic carbocycles. The fourth-order valence-electron chi connectivity index (χ4n) is 3.71. The van der Waals surface area contributed by atoms with Gasteiger partial charge in [0.25, 0.3) is 0 Å². The van der Waals surface area contributed by atoms with E-state index in [-0.39, 0.29) is 27.8 Å². The van der Waals surface area contributed by atoms with Gasteiger partial charge in [0.1, 0.15) is 11.6 Å². The zero-order chi connectivity index (χ0) is 18.7. The number of rotatable bonds is 1. The molecular formula is C19H11BrFNO3S2. The summed E-state index contributed by atoms with van der Waals surface area (Å²) in [5.74, 6) is -0.930. The first kappa shape index (κ1) is 17.2. The number of halogens is 2. The van der Waals surface area contributed by atoms with E-state index in [9.17, 15) is 14.0 Å². The third-order valence-corrected chi connectivity index (χ3v) is 7.81. The van der Waals surface area contributed by atoms with E-state index in [1.165, 1.54) is 23.9 Å². The molecule has 0 spiro atoms. The molecule has 0 saturated heterocycles. The second kappa shape index (κ2) is 6.32. The summed E-state index contributed by atoms with van der Waals surface area (Å²) in [6.45, 7) is 0. The van der Waals surface area contributed by atoms with E-state index in [2.05, 4.69) is 20.9 Å². The van der Waals surface area contributed by atoms with Gasteiger partial charge in [0.05, 0.1) is 16.2 Å². The van der Waals surface area contributed by atoms with Gasteiger partial charge < -0.3 is 9.72 Å². The van der Waals surface area contributed by atoms with Gasteiger partial charge in [-0.3, -0.25) is 9.59 Å². The lowest BCUT2D eigenvalue weighted by atomic mass is 9.78. The van der Waals surface area contributed by atoms with Crippen LogP contribution in [-0.4, -0.2) is 11.0 Å². The van der Waals surface area contributed by atoms with E-state index in [0.29, 0.717) is 5.75 Å². The Morgan fingerprint density at radius 3 is 2.67 bits per heavy atom. The van der Waals surface area contributed by atoms with Crippen LogP contribution in [0.4, 0.5) is 4.39 Å². The maximum atomic E-state index is 13.4. The minimum absolute atomic E-state index is 0.151. The number of esters is 1. The van der Waals surface area contributed by atoms with E-state index < -0.39 is 5.92 Å². The maximum Gasteiger partial charge on any atom is 0.316 e. The second-order valence-electron chi connectivity index (χ2n) is 6.40. The first-order valence-corrected chi connectivity index (χ1v) is 10.7. The Balaban J connectivity index is 1.74. The third kappa shape index (κ3) is 2.78. The van der Waals surface area contributed by atoms with Gasteiger partial charge in [0.15, 0.2) is 0 Å². The molecule has 1 N–H and O–H groups in total. The number of carbonyl (C=O) groups excluding carboxylic acids is 1. The number of thiazole rings is 1. The number of hydrogen-bond acceptors (Lipinski definition) is 5. The van der Waals surface area contributed by atoms with Crippen molar-refractivity contribution in [3.05, 3.63) is 78.4 Å². The Labute approximate surface area is 169 Å². The molecule has 0 amide bonds. The van der Waals surface area contributed by atoms with Crippen molar-refractivity contribution in [3.8, 4) is 5.75 Å². The molecule has 0 fully saturated rings. The number of hydrogen-bond donors (Lipinski definition) is 1. The lowest BCUT2D eigenvalue weighted by Crippen LogP contribution is -2.37. The SMILES string of the molecule is O=C1Oc2ccc(Br)cc2[C@H]2c3sc(=O)[nH]c3S[C@@H](c3ccc(F)cc3)[C@@H]12. The molecule has 0 bridgehead atoms. The van der Waals surface area contributed by atoms with Crippen molar-refractivity contribution in [1.82, 2.24) is 4.98 Å². The van der Waals surface area contributed by atoms with Crippen LogP contribution in [0, 0.1) is 11.7 Å². The zero-order valence-corrected chi connectivity index (χ0v) is 16.8. The minimum atomic E-state index is -0.499.